The molecule has 25 heavy (non-hydrogen) atoms. The molecule has 1 aromatic carbocycles. The maximum atomic E-state index is 12.0. The number of anilines is 1. The molecule has 4 N–H and O–H groups in total. The third-order valence-electron chi connectivity index (χ3n) is 3.58. The van der Waals surface area contributed by atoms with E-state index in [0.717, 1.165) is 12.1 Å². The van der Waals surface area contributed by atoms with Gasteiger partial charge >= 0.3 is 0 Å². The number of hydrogen-bond donors (Lipinski definition) is 4. The SMILES string of the molecule is CCC(C)n1c(O)c(C=NNC(=S)Nc2ccccc2)c(=O)[nH]c1=S. The van der Waals surface area contributed by atoms with Crippen molar-refractivity contribution in [1.29, 1.82) is 0 Å². The van der Waals surface area contributed by atoms with Crippen molar-refractivity contribution in [2.75, 3.05) is 5.32 Å². The maximum Gasteiger partial charge on any atom is 0.264 e. The highest BCUT2D eigenvalue weighted by molar-refractivity contribution is 7.80. The van der Waals surface area contributed by atoms with Gasteiger partial charge in [0.2, 0.25) is 5.88 Å². The highest BCUT2D eigenvalue weighted by Crippen LogP contribution is 2.19. The molecule has 9 heteroatoms. The van der Waals surface area contributed by atoms with Crippen LogP contribution in [-0.4, -0.2) is 26.0 Å². The van der Waals surface area contributed by atoms with Gasteiger partial charge in [-0.2, -0.15) is 5.10 Å². The molecular weight excluding hydrogens is 358 g/mol. The topological polar surface area (TPSA) is 94.4 Å². The molecule has 7 nitrogen and oxygen atoms in total. The Hall–Kier alpha value is -2.52. The number of aromatic amines is 1. The monoisotopic (exact) mass is 377 g/mol. The van der Waals surface area contributed by atoms with Crippen molar-refractivity contribution >= 4 is 41.5 Å². The lowest BCUT2D eigenvalue weighted by atomic mass is 10.2. The van der Waals surface area contributed by atoms with E-state index in [-0.39, 0.29) is 27.4 Å². The second-order valence-corrected chi connectivity index (χ2v) is 6.11. The quantitative estimate of drug-likeness (QED) is 0.364. The number of H-pyrrole nitrogens is 1. The van der Waals surface area contributed by atoms with E-state index >= 15 is 0 Å². The largest absolute Gasteiger partial charge is 0.494 e. The van der Waals surface area contributed by atoms with Crippen LogP contribution in [0.1, 0.15) is 31.9 Å². The summed E-state index contributed by atoms with van der Waals surface area (Å²) in [6.07, 6.45) is 1.95. The van der Waals surface area contributed by atoms with Gasteiger partial charge in [-0.05, 0) is 49.9 Å². The molecule has 1 heterocycles. The first-order chi connectivity index (χ1) is 11.9. The lowest BCUT2D eigenvalue weighted by Gasteiger charge is -2.16. The molecule has 0 bridgehead atoms. The first kappa shape index (κ1) is 18.8. The predicted octanol–water partition coefficient (Wildman–Crippen LogP) is 2.90. The normalized spacial score (nSPS) is 12.1. The van der Waals surface area contributed by atoms with Gasteiger partial charge in [-0.25, -0.2) is 0 Å². The predicted molar refractivity (Wildman–Crippen MR) is 106 cm³/mol. The van der Waals surface area contributed by atoms with Gasteiger partial charge < -0.3 is 10.4 Å². The fourth-order valence-electron chi connectivity index (χ4n) is 2.10. The summed E-state index contributed by atoms with van der Waals surface area (Å²) in [6, 6.07) is 9.28. The fourth-order valence-corrected chi connectivity index (χ4v) is 2.63. The Labute approximate surface area is 155 Å². The minimum Gasteiger partial charge on any atom is -0.494 e. The van der Waals surface area contributed by atoms with Crippen molar-refractivity contribution in [3.63, 3.8) is 0 Å². The van der Waals surface area contributed by atoms with E-state index in [4.69, 9.17) is 24.4 Å². The number of thiocarbonyl (C=S) groups is 1. The van der Waals surface area contributed by atoms with Gasteiger partial charge in [0, 0.05) is 11.7 Å². The summed E-state index contributed by atoms with van der Waals surface area (Å²) >= 11 is 10.2. The molecule has 1 atom stereocenters. The number of benzene rings is 1. The van der Waals surface area contributed by atoms with Crippen LogP contribution in [0.5, 0.6) is 5.88 Å². The van der Waals surface area contributed by atoms with Crippen LogP contribution < -0.4 is 16.3 Å². The Bertz CT molecular complexity index is 890. The fraction of sp³-hybridized carbons (Fsp3) is 0.250. The molecule has 0 aliphatic heterocycles. The molecule has 0 saturated heterocycles. The molecule has 2 aromatic rings. The van der Waals surface area contributed by atoms with Crippen molar-refractivity contribution in [2.45, 2.75) is 26.3 Å². The highest BCUT2D eigenvalue weighted by Gasteiger charge is 2.14. The Morgan fingerprint density at radius 1 is 1.44 bits per heavy atom. The minimum atomic E-state index is -0.519. The molecule has 132 valence electrons. The van der Waals surface area contributed by atoms with Gasteiger partial charge in [0.15, 0.2) is 9.88 Å². The van der Waals surface area contributed by atoms with Crippen LogP contribution in [0, 0.1) is 4.77 Å². The highest BCUT2D eigenvalue weighted by atomic mass is 32.1. The van der Waals surface area contributed by atoms with Crippen molar-refractivity contribution in [3.05, 3.63) is 51.0 Å². The summed E-state index contributed by atoms with van der Waals surface area (Å²) in [7, 11) is 0. The molecule has 1 unspecified atom stereocenters. The van der Waals surface area contributed by atoms with Gasteiger partial charge in [-0.15, -0.1) is 0 Å². The van der Waals surface area contributed by atoms with Crippen LogP contribution in [0.4, 0.5) is 5.69 Å². The first-order valence-electron chi connectivity index (χ1n) is 7.67. The van der Waals surface area contributed by atoms with Gasteiger partial charge in [0.25, 0.3) is 5.56 Å². The van der Waals surface area contributed by atoms with E-state index < -0.39 is 5.56 Å². The maximum absolute atomic E-state index is 12.0. The molecule has 0 aliphatic carbocycles. The smallest absolute Gasteiger partial charge is 0.264 e. The van der Waals surface area contributed by atoms with Crippen LogP contribution in [0.25, 0.3) is 0 Å². The average molecular weight is 377 g/mol. The number of hydrazone groups is 1. The molecule has 2 rings (SSSR count). The summed E-state index contributed by atoms with van der Waals surface area (Å²) in [5.41, 5.74) is 2.89. The summed E-state index contributed by atoms with van der Waals surface area (Å²) in [5.74, 6) is -0.226. The molecule has 0 spiro atoms. The Morgan fingerprint density at radius 3 is 2.76 bits per heavy atom. The van der Waals surface area contributed by atoms with E-state index in [9.17, 15) is 9.90 Å². The number of nitrogens with one attached hydrogen (secondary N) is 3. The number of aromatic hydroxyl groups is 1. The van der Waals surface area contributed by atoms with Gasteiger partial charge in [-0.3, -0.25) is 19.8 Å². The molecule has 0 fully saturated rings. The van der Waals surface area contributed by atoms with Crippen molar-refractivity contribution in [3.8, 4) is 5.88 Å². The van der Waals surface area contributed by atoms with E-state index in [1.54, 1.807) is 0 Å². The summed E-state index contributed by atoms with van der Waals surface area (Å²) in [5, 5.41) is 17.5. The summed E-state index contributed by atoms with van der Waals surface area (Å²) in [6.45, 7) is 3.85. The second kappa shape index (κ2) is 8.54. The Kier molecular flexibility index (Phi) is 6.43. The number of aromatic nitrogens is 2. The molecule has 0 aliphatic rings. The van der Waals surface area contributed by atoms with Crippen LogP contribution >= 0.6 is 24.4 Å². The lowest BCUT2D eigenvalue weighted by molar-refractivity contribution is 0.371. The standard InChI is InChI=1S/C16H19N5O2S2/c1-3-10(2)21-14(23)12(13(22)19-16(21)25)9-17-20-15(24)18-11-7-5-4-6-8-11/h4-10,23H,3H2,1-2H3,(H2,18,20,24)(H,19,22,25). The van der Waals surface area contributed by atoms with Gasteiger partial charge in [0.1, 0.15) is 5.56 Å². The average Bonchev–Trinajstić information content (AvgIpc) is 2.58. The first-order valence-corrected chi connectivity index (χ1v) is 8.48. The number of nitrogens with zero attached hydrogens (tertiary/aromatic N) is 2. The van der Waals surface area contributed by atoms with E-state index in [0.29, 0.717) is 0 Å². The van der Waals surface area contributed by atoms with E-state index in [1.807, 2.05) is 44.2 Å². The molecule has 0 radical (unpaired) electrons. The summed E-state index contributed by atoms with van der Waals surface area (Å²) < 4.78 is 1.65. The van der Waals surface area contributed by atoms with Crippen LogP contribution in [0.2, 0.25) is 0 Å². The Morgan fingerprint density at radius 2 is 2.12 bits per heavy atom. The van der Waals surface area contributed by atoms with Gasteiger partial charge in [0.05, 0.1) is 6.21 Å². The van der Waals surface area contributed by atoms with Crippen LogP contribution in [-0.2, 0) is 0 Å². The molecule has 0 saturated carbocycles. The zero-order chi connectivity index (χ0) is 18.4. The van der Waals surface area contributed by atoms with Crippen LogP contribution in [0.3, 0.4) is 0 Å². The van der Waals surface area contributed by atoms with E-state index in [1.165, 1.54) is 10.8 Å². The van der Waals surface area contributed by atoms with Crippen molar-refractivity contribution < 1.29 is 5.11 Å². The van der Waals surface area contributed by atoms with Gasteiger partial charge in [-0.1, -0.05) is 25.1 Å². The Balaban J connectivity index is 2.17. The minimum absolute atomic E-state index is 0.00362. The van der Waals surface area contributed by atoms with Crippen molar-refractivity contribution in [1.82, 2.24) is 15.0 Å². The number of rotatable bonds is 5. The number of para-hydroxylation sites is 1. The zero-order valence-electron chi connectivity index (χ0n) is 13.8. The van der Waals surface area contributed by atoms with Crippen LogP contribution in [0.15, 0.2) is 40.2 Å². The number of hydrogen-bond acceptors (Lipinski definition) is 5. The molecular formula is C16H19N5O2S2. The second-order valence-electron chi connectivity index (χ2n) is 5.31. The third-order valence-corrected chi connectivity index (χ3v) is 4.07. The molecule has 0 amide bonds. The zero-order valence-corrected chi connectivity index (χ0v) is 15.4. The van der Waals surface area contributed by atoms with Crippen molar-refractivity contribution in [2.24, 2.45) is 5.10 Å². The van der Waals surface area contributed by atoms with E-state index in [2.05, 4.69) is 20.8 Å². The summed E-state index contributed by atoms with van der Waals surface area (Å²) in [4.78, 5) is 14.6. The molecule has 1 aromatic heterocycles. The third kappa shape index (κ3) is 4.74. The lowest BCUT2D eigenvalue weighted by Crippen LogP contribution is -2.25.